The first kappa shape index (κ1) is 12.3. The van der Waals surface area contributed by atoms with Crippen LogP contribution in [0.25, 0.3) is 0 Å². The topological polar surface area (TPSA) is 59.4 Å². The maximum atomic E-state index is 13.1. The van der Waals surface area contributed by atoms with Crippen molar-refractivity contribution in [2.24, 2.45) is 0 Å². The van der Waals surface area contributed by atoms with Crippen LogP contribution >= 0.6 is 0 Å². The number of hydrogen-bond acceptors (Lipinski definition) is 3. The summed E-state index contributed by atoms with van der Waals surface area (Å²) in [7, 11) is 1.14. The van der Waals surface area contributed by atoms with Gasteiger partial charge in [0.2, 0.25) is 5.88 Å². The molecular formula is C9H8F3NO3. The monoisotopic (exact) mass is 235 g/mol. The minimum atomic E-state index is -3.08. The summed E-state index contributed by atoms with van der Waals surface area (Å²) in [5.74, 6) is -2.78. The normalized spacial score (nSPS) is 10.6. The van der Waals surface area contributed by atoms with Crippen molar-refractivity contribution in [1.82, 2.24) is 4.98 Å². The number of carboxylic acid groups (broad SMARTS) is 1. The molecule has 7 heteroatoms. The second kappa shape index (κ2) is 4.82. The average Bonchev–Trinajstić information content (AvgIpc) is 2.16. The molecule has 0 saturated carbocycles. The summed E-state index contributed by atoms with van der Waals surface area (Å²) < 4.78 is 42.2. The van der Waals surface area contributed by atoms with Gasteiger partial charge in [0.15, 0.2) is 5.82 Å². The first-order valence-electron chi connectivity index (χ1n) is 4.19. The van der Waals surface area contributed by atoms with Gasteiger partial charge in [-0.1, -0.05) is 0 Å². The van der Waals surface area contributed by atoms with E-state index in [1.807, 2.05) is 0 Å². The number of aromatic nitrogens is 1. The molecule has 0 aliphatic rings. The van der Waals surface area contributed by atoms with Crippen molar-refractivity contribution in [3.8, 4) is 5.88 Å². The summed E-state index contributed by atoms with van der Waals surface area (Å²) in [6.07, 6.45) is -3.62. The van der Waals surface area contributed by atoms with Crippen LogP contribution in [0.5, 0.6) is 5.88 Å². The van der Waals surface area contributed by atoms with E-state index >= 15 is 0 Å². The third kappa shape index (κ3) is 2.62. The van der Waals surface area contributed by atoms with Gasteiger partial charge < -0.3 is 9.84 Å². The van der Waals surface area contributed by atoms with Crippen LogP contribution in [-0.4, -0.2) is 23.2 Å². The number of alkyl halides is 2. The molecule has 0 aliphatic carbocycles. The van der Waals surface area contributed by atoms with Crippen molar-refractivity contribution >= 4 is 5.97 Å². The van der Waals surface area contributed by atoms with Gasteiger partial charge in [-0.25, -0.2) is 18.2 Å². The van der Waals surface area contributed by atoms with E-state index in [4.69, 9.17) is 5.11 Å². The van der Waals surface area contributed by atoms with Gasteiger partial charge in [0.05, 0.1) is 13.5 Å². The minimum absolute atomic E-state index is 0.0862. The molecule has 0 spiro atoms. The molecule has 16 heavy (non-hydrogen) atoms. The molecule has 0 unspecified atom stereocenters. The Bertz CT molecular complexity index is 409. The summed E-state index contributed by atoms with van der Waals surface area (Å²) in [6.45, 7) is 0. The smallest absolute Gasteiger partial charge is 0.308 e. The summed E-state index contributed by atoms with van der Waals surface area (Å²) in [5.41, 5.74) is -1.14. The first-order chi connectivity index (χ1) is 7.45. The Labute approximate surface area is 88.7 Å². The quantitative estimate of drug-likeness (QED) is 0.864. The highest BCUT2D eigenvalue weighted by Gasteiger charge is 2.20. The van der Waals surface area contributed by atoms with Crippen LogP contribution in [0.1, 0.15) is 17.7 Å². The van der Waals surface area contributed by atoms with Crippen LogP contribution in [0.3, 0.4) is 0 Å². The molecule has 0 aliphatic heterocycles. The molecule has 1 heterocycles. The fraction of sp³-hybridized carbons (Fsp3) is 0.333. The molecule has 0 atom stereocenters. The molecule has 0 bridgehead atoms. The molecule has 1 aromatic heterocycles. The molecule has 1 N–H and O–H groups in total. The zero-order valence-electron chi connectivity index (χ0n) is 8.21. The Balaban J connectivity index is 3.20. The number of pyridine rings is 1. The third-order valence-electron chi connectivity index (χ3n) is 1.78. The molecule has 0 amide bonds. The van der Waals surface area contributed by atoms with Crippen molar-refractivity contribution in [1.29, 1.82) is 0 Å². The highest BCUT2D eigenvalue weighted by molar-refractivity contribution is 5.71. The lowest BCUT2D eigenvalue weighted by Gasteiger charge is -2.08. The van der Waals surface area contributed by atoms with E-state index in [9.17, 15) is 18.0 Å². The SMILES string of the molecule is COc1nc(C(F)F)c(F)cc1CC(=O)O. The van der Waals surface area contributed by atoms with Crippen LogP contribution in [0.2, 0.25) is 0 Å². The van der Waals surface area contributed by atoms with Crippen LogP contribution in [0.15, 0.2) is 6.07 Å². The number of carboxylic acids is 1. The summed E-state index contributed by atoms with van der Waals surface area (Å²) >= 11 is 0. The van der Waals surface area contributed by atoms with Crippen LogP contribution in [0.4, 0.5) is 13.2 Å². The predicted octanol–water partition coefficient (Wildman–Crippen LogP) is 1.79. The van der Waals surface area contributed by atoms with Crippen molar-refractivity contribution in [2.75, 3.05) is 7.11 Å². The number of aliphatic carboxylic acids is 1. The van der Waals surface area contributed by atoms with E-state index in [0.717, 1.165) is 7.11 Å². The molecule has 0 aromatic carbocycles. The maximum Gasteiger partial charge on any atom is 0.308 e. The first-order valence-corrected chi connectivity index (χ1v) is 4.19. The zero-order chi connectivity index (χ0) is 12.3. The fourth-order valence-corrected chi connectivity index (χ4v) is 1.14. The average molecular weight is 235 g/mol. The Kier molecular flexibility index (Phi) is 3.70. The molecule has 0 radical (unpaired) electrons. The molecular weight excluding hydrogens is 227 g/mol. The molecule has 1 aromatic rings. The highest BCUT2D eigenvalue weighted by atomic mass is 19.3. The van der Waals surface area contributed by atoms with Crippen LogP contribution < -0.4 is 4.74 Å². The van der Waals surface area contributed by atoms with Crippen molar-refractivity contribution < 1.29 is 27.8 Å². The van der Waals surface area contributed by atoms with Gasteiger partial charge in [-0.2, -0.15) is 0 Å². The fourth-order valence-electron chi connectivity index (χ4n) is 1.14. The highest BCUT2D eigenvalue weighted by Crippen LogP contribution is 2.26. The zero-order valence-corrected chi connectivity index (χ0v) is 8.21. The largest absolute Gasteiger partial charge is 0.481 e. The molecule has 88 valence electrons. The lowest BCUT2D eigenvalue weighted by atomic mass is 10.2. The van der Waals surface area contributed by atoms with Gasteiger partial charge in [-0.3, -0.25) is 4.79 Å². The van der Waals surface area contributed by atoms with Gasteiger partial charge in [-0.05, 0) is 6.07 Å². The molecule has 1 rings (SSSR count). The molecule has 0 saturated heterocycles. The predicted molar refractivity (Wildman–Crippen MR) is 47.0 cm³/mol. The minimum Gasteiger partial charge on any atom is -0.481 e. The van der Waals surface area contributed by atoms with Gasteiger partial charge in [0.25, 0.3) is 6.43 Å². The van der Waals surface area contributed by atoms with Crippen molar-refractivity contribution in [2.45, 2.75) is 12.8 Å². The number of ether oxygens (including phenoxy) is 1. The molecule has 0 fully saturated rings. The van der Waals surface area contributed by atoms with E-state index in [1.54, 1.807) is 0 Å². The number of methoxy groups -OCH3 is 1. The number of rotatable bonds is 4. The Morgan fingerprint density at radius 1 is 1.62 bits per heavy atom. The van der Waals surface area contributed by atoms with E-state index in [1.165, 1.54) is 0 Å². The van der Waals surface area contributed by atoms with Crippen molar-refractivity contribution in [3.63, 3.8) is 0 Å². The lowest BCUT2D eigenvalue weighted by molar-refractivity contribution is -0.136. The standard InChI is InChI=1S/C9H8F3NO3/c1-16-9-4(3-6(14)15)2-5(10)7(13-9)8(11)12/h2,8H,3H2,1H3,(H,14,15). The van der Waals surface area contributed by atoms with Crippen molar-refractivity contribution in [3.05, 3.63) is 23.1 Å². The van der Waals surface area contributed by atoms with Crippen LogP contribution in [-0.2, 0) is 11.2 Å². The van der Waals surface area contributed by atoms with Gasteiger partial charge in [0, 0.05) is 5.56 Å². The van der Waals surface area contributed by atoms with E-state index in [2.05, 4.69) is 9.72 Å². The summed E-state index contributed by atoms with van der Waals surface area (Å²) in [4.78, 5) is 13.6. The number of hydrogen-bond donors (Lipinski definition) is 1. The number of halogens is 3. The van der Waals surface area contributed by atoms with Gasteiger partial charge >= 0.3 is 5.97 Å². The number of nitrogens with zero attached hydrogens (tertiary/aromatic N) is 1. The maximum absolute atomic E-state index is 13.1. The Morgan fingerprint density at radius 2 is 2.25 bits per heavy atom. The second-order valence-corrected chi connectivity index (χ2v) is 2.90. The van der Waals surface area contributed by atoms with E-state index in [0.29, 0.717) is 6.07 Å². The number of carbonyl (C=O) groups is 1. The van der Waals surface area contributed by atoms with Crippen LogP contribution in [0, 0.1) is 5.82 Å². The molecule has 4 nitrogen and oxygen atoms in total. The van der Waals surface area contributed by atoms with E-state index in [-0.39, 0.29) is 11.4 Å². The summed E-state index contributed by atoms with van der Waals surface area (Å²) in [5, 5.41) is 8.50. The third-order valence-corrected chi connectivity index (χ3v) is 1.78. The Hall–Kier alpha value is -1.79. The van der Waals surface area contributed by atoms with Gasteiger partial charge in [-0.15, -0.1) is 0 Å². The summed E-state index contributed by atoms with van der Waals surface area (Å²) in [6, 6.07) is 0.696. The van der Waals surface area contributed by atoms with E-state index < -0.39 is 30.3 Å². The second-order valence-electron chi connectivity index (χ2n) is 2.90. The Morgan fingerprint density at radius 3 is 2.69 bits per heavy atom. The van der Waals surface area contributed by atoms with Gasteiger partial charge in [0.1, 0.15) is 5.69 Å². The lowest BCUT2D eigenvalue weighted by Crippen LogP contribution is -2.07.